The number of H-pyrrole nitrogens is 1. The summed E-state index contributed by atoms with van der Waals surface area (Å²) in [6.07, 6.45) is -1.61. The van der Waals surface area contributed by atoms with Crippen LogP contribution < -0.4 is 10.6 Å². The van der Waals surface area contributed by atoms with E-state index in [0.717, 1.165) is 28.7 Å². The summed E-state index contributed by atoms with van der Waals surface area (Å²) in [5.41, 5.74) is 2.68. The summed E-state index contributed by atoms with van der Waals surface area (Å²) in [5, 5.41) is 8.91. The van der Waals surface area contributed by atoms with Crippen LogP contribution in [0, 0.1) is 6.92 Å². The van der Waals surface area contributed by atoms with E-state index in [-0.39, 0.29) is 30.5 Å². The molecule has 0 aliphatic rings. The predicted molar refractivity (Wildman–Crippen MR) is 122 cm³/mol. The quantitative estimate of drug-likeness (QED) is 0.239. The van der Waals surface area contributed by atoms with Crippen molar-refractivity contribution >= 4 is 52.2 Å². The fourth-order valence-electron chi connectivity index (χ4n) is 2.97. The Kier molecular flexibility index (Phi) is 8.32. The normalized spacial score (nSPS) is 12.1. The molecule has 0 bridgehead atoms. The topological polar surface area (TPSA) is 65.1 Å². The first-order valence-corrected chi connectivity index (χ1v) is 9.85. The number of rotatable bonds is 6. The summed E-state index contributed by atoms with van der Waals surface area (Å²) in [6, 6.07) is 6.16. The van der Waals surface area contributed by atoms with Crippen molar-refractivity contribution in [1.29, 1.82) is 0 Å². The van der Waals surface area contributed by atoms with Crippen molar-refractivity contribution in [2.45, 2.75) is 33.0 Å². The molecule has 0 atom stereocenters. The number of nitrogens with one attached hydrogen (secondary N) is 3. The van der Waals surface area contributed by atoms with Crippen LogP contribution in [0.5, 0.6) is 0 Å². The Morgan fingerprint density at radius 3 is 2.76 bits per heavy atom. The highest BCUT2D eigenvalue weighted by atomic mass is 127. The minimum atomic E-state index is -4.42. The number of nitrogens with zero attached hydrogens (tertiary/aromatic N) is 2. The van der Waals surface area contributed by atoms with E-state index in [4.69, 9.17) is 0 Å². The van der Waals surface area contributed by atoms with Gasteiger partial charge in [-0.3, -0.25) is 0 Å². The van der Waals surface area contributed by atoms with Crippen LogP contribution in [0.2, 0.25) is 0 Å². The number of aromatic amines is 1. The zero-order valence-corrected chi connectivity index (χ0v) is 19.2. The van der Waals surface area contributed by atoms with Crippen LogP contribution in [0.25, 0.3) is 10.9 Å². The molecule has 1 aromatic carbocycles. The second-order valence-electron chi connectivity index (χ2n) is 6.31. The molecule has 0 unspecified atom stereocenters. The molecular formula is C19H23F3IN5S. The number of hydrogen-bond acceptors (Lipinski definition) is 3. The number of alkyl halides is 3. The summed E-state index contributed by atoms with van der Waals surface area (Å²) in [5.74, 6) is 0.558. The minimum Gasteiger partial charge on any atom is -0.361 e. The molecule has 3 rings (SSSR count). The number of thiazole rings is 1. The summed E-state index contributed by atoms with van der Waals surface area (Å²) >= 11 is 0.963. The number of fused-ring (bicyclic) bond motifs is 1. The minimum absolute atomic E-state index is 0. The van der Waals surface area contributed by atoms with Crippen LogP contribution in [0.15, 0.2) is 34.8 Å². The first-order chi connectivity index (χ1) is 13.4. The highest BCUT2D eigenvalue weighted by molar-refractivity contribution is 14.0. The molecule has 0 fully saturated rings. The number of aliphatic imine (C=N–C) groups is 1. The molecule has 0 spiro atoms. The fourth-order valence-corrected chi connectivity index (χ4v) is 3.69. The Balaban J connectivity index is 0.00000300. The van der Waals surface area contributed by atoms with Gasteiger partial charge >= 0.3 is 6.18 Å². The first kappa shape index (κ1) is 23.5. The molecule has 0 amide bonds. The molecule has 10 heteroatoms. The Morgan fingerprint density at radius 2 is 2.07 bits per heavy atom. The lowest BCUT2D eigenvalue weighted by molar-refractivity contribution is -0.140. The molecule has 0 saturated carbocycles. The van der Waals surface area contributed by atoms with E-state index in [1.165, 1.54) is 16.5 Å². The maximum Gasteiger partial charge on any atom is 0.434 e. The second kappa shape index (κ2) is 10.3. The van der Waals surface area contributed by atoms with Gasteiger partial charge in [0.15, 0.2) is 11.7 Å². The SMILES string of the molecule is CCNC(=NCc1nc(C(F)(F)F)cs1)NCCc1c[nH]c2cccc(C)c12.I. The third-order valence-electron chi connectivity index (χ3n) is 4.24. The summed E-state index contributed by atoms with van der Waals surface area (Å²) in [4.78, 5) is 11.2. The molecule has 0 saturated heterocycles. The molecule has 3 aromatic rings. The van der Waals surface area contributed by atoms with E-state index >= 15 is 0 Å². The maximum absolute atomic E-state index is 12.6. The van der Waals surface area contributed by atoms with E-state index in [2.05, 4.69) is 38.6 Å². The van der Waals surface area contributed by atoms with Crippen molar-refractivity contribution in [3.8, 4) is 0 Å². The third-order valence-corrected chi connectivity index (χ3v) is 5.08. The van der Waals surface area contributed by atoms with Crippen LogP contribution in [0.4, 0.5) is 13.2 Å². The zero-order chi connectivity index (χ0) is 20.1. The van der Waals surface area contributed by atoms with Crippen molar-refractivity contribution in [3.05, 3.63) is 51.6 Å². The predicted octanol–water partition coefficient (Wildman–Crippen LogP) is 4.87. The standard InChI is InChI=1S/C19H22F3N5S.HI/c1-3-23-18(26-10-16-27-15(11-28-16)19(20,21)22)24-8-7-13-9-25-14-6-4-5-12(2)17(13)14;/h4-6,9,11,25H,3,7-8,10H2,1-2H3,(H2,23,24,26);1H. The van der Waals surface area contributed by atoms with E-state index in [1.54, 1.807) is 0 Å². The molecule has 29 heavy (non-hydrogen) atoms. The van der Waals surface area contributed by atoms with Crippen molar-refractivity contribution in [2.24, 2.45) is 4.99 Å². The molecule has 0 radical (unpaired) electrons. The van der Waals surface area contributed by atoms with Gasteiger partial charge in [-0.2, -0.15) is 13.2 Å². The summed E-state index contributed by atoms with van der Waals surface area (Å²) in [6.45, 7) is 5.43. The fraction of sp³-hybridized carbons (Fsp3) is 0.368. The molecule has 2 aromatic heterocycles. The number of guanidine groups is 1. The average molecular weight is 537 g/mol. The Labute approximate surface area is 188 Å². The Hall–Kier alpha value is -1.82. The molecule has 2 heterocycles. The van der Waals surface area contributed by atoms with Gasteiger partial charge in [-0.1, -0.05) is 12.1 Å². The highest BCUT2D eigenvalue weighted by Crippen LogP contribution is 2.30. The average Bonchev–Trinajstić information content (AvgIpc) is 3.27. The van der Waals surface area contributed by atoms with Gasteiger partial charge < -0.3 is 15.6 Å². The summed E-state index contributed by atoms with van der Waals surface area (Å²) < 4.78 is 37.9. The van der Waals surface area contributed by atoms with Crippen molar-refractivity contribution in [2.75, 3.05) is 13.1 Å². The monoisotopic (exact) mass is 537 g/mol. The van der Waals surface area contributed by atoms with Crippen LogP contribution in [-0.4, -0.2) is 29.0 Å². The Bertz CT molecular complexity index is 964. The van der Waals surface area contributed by atoms with E-state index < -0.39 is 11.9 Å². The van der Waals surface area contributed by atoms with Crippen LogP contribution in [0.3, 0.4) is 0 Å². The van der Waals surface area contributed by atoms with Gasteiger partial charge in [0, 0.05) is 35.6 Å². The lowest BCUT2D eigenvalue weighted by Gasteiger charge is -2.11. The summed E-state index contributed by atoms with van der Waals surface area (Å²) in [7, 11) is 0. The highest BCUT2D eigenvalue weighted by Gasteiger charge is 2.33. The van der Waals surface area contributed by atoms with Crippen LogP contribution >= 0.6 is 35.3 Å². The van der Waals surface area contributed by atoms with Gasteiger partial charge in [0.1, 0.15) is 5.01 Å². The third kappa shape index (κ3) is 6.08. The number of benzene rings is 1. The zero-order valence-electron chi connectivity index (χ0n) is 16.1. The number of hydrogen-bond donors (Lipinski definition) is 3. The first-order valence-electron chi connectivity index (χ1n) is 8.98. The van der Waals surface area contributed by atoms with Gasteiger partial charge in [0.2, 0.25) is 0 Å². The molecular weight excluding hydrogens is 514 g/mol. The van der Waals surface area contributed by atoms with E-state index in [9.17, 15) is 13.2 Å². The number of aryl methyl sites for hydroxylation is 1. The van der Waals surface area contributed by atoms with Gasteiger partial charge in [-0.05, 0) is 37.5 Å². The largest absolute Gasteiger partial charge is 0.434 e. The van der Waals surface area contributed by atoms with Crippen LogP contribution in [0.1, 0.15) is 28.8 Å². The molecule has 3 N–H and O–H groups in total. The maximum atomic E-state index is 12.6. The van der Waals surface area contributed by atoms with Crippen molar-refractivity contribution in [1.82, 2.24) is 20.6 Å². The molecule has 5 nitrogen and oxygen atoms in total. The van der Waals surface area contributed by atoms with Crippen molar-refractivity contribution in [3.63, 3.8) is 0 Å². The Morgan fingerprint density at radius 1 is 1.28 bits per heavy atom. The smallest absolute Gasteiger partial charge is 0.361 e. The molecule has 0 aliphatic carbocycles. The number of halogens is 4. The van der Waals surface area contributed by atoms with Crippen LogP contribution in [-0.2, 0) is 19.1 Å². The second-order valence-corrected chi connectivity index (χ2v) is 7.25. The van der Waals surface area contributed by atoms with E-state index in [1.807, 2.05) is 25.3 Å². The van der Waals surface area contributed by atoms with Gasteiger partial charge in [0.05, 0.1) is 6.54 Å². The lowest BCUT2D eigenvalue weighted by Crippen LogP contribution is -2.38. The van der Waals surface area contributed by atoms with E-state index in [0.29, 0.717) is 24.1 Å². The van der Waals surface area contributed by atoms with Gasteiger partial charge in [-0.25, -0.2) is 9.98 Å². The van der Waals surface area contributed by atoms with Crippen molar-refractivity contribution < 1.29 is 13.2 Å². The molecule has 0 aliphatic heterocycles. The number of aromatic nitrogens is 2. The lowest BCUT2D eigenvalue weighted by atomic mass is 10.1. The van der Waals surface area contributed by atoms with Gasteiger partial charge in [0.25, 0.3) is 0 Å². The van der Waals surface area contributed by atoms with Gasteiger partial charge in [-0.15, -0.1) is 35.3 Å². The molecule has 158 valence electrons.